The zero-order valence-corrected chi connectivity index (χ0v) is 18.1. The van der Waals surface area contributed by atoms with Crippen molar-refractivity contribution in [2.75, 3.05) is 11.9 Å². The summed E-state index contributed by atoms with van der Waals surface area (Å²) in [5, 5.41) is 21.3. The summed E-state index contributed by atoms with van der Waals surface area (Å²) in [5.74, 6) is -6.58. The number of anilines is 1. The number of aliphatic hydroxyl groups excluding tert-OH is 1. The number of hydrogen-bond acceptors (Lipinski definition) is 5. The highest BCUT2D eigenvalue weighted by molar-refractivity contribution is 7.92. The molecule has 11 heteroatoms. The number of rotatable bonds is 5. The predicted molar refractivity (Wildman–Crippen MR) is 110 cm³/mol. The number of carbonyl (C=O) groups is 1. The van der Waals surface area contributed by atoms with Crippen molar-refractivity contribution in [2.24, 2.45) is 11.8 Å². The smallest absolute Gasteiger partial charge is 0.255 e. The SMILES string of the molecule is O=C(Nc1cc(F)c(F)c(F)c1)c1ccc(Cl)c(S(=O)(=O)C2C3CCC2C(O)(CO)C3)c1. The molecule has 0 saturated heterocycles. The molecule has 172 valence electrons. The Bertz CT molecular complexity index is 1180. The van der Waals surface area contributed by atoms with Gasteiger partial charge in [-0.2, -0.15) is 0 Å². The molecule has 32 heavy (non-hydrogen) atoms. The maximum Gasteiger partial charge on any atom is 0.255 e. The lowest BCUT2D eigenvalue weighted by molar-refractivity contribution is -0.0562. The Morgan fingerprint density at radius 2 is 1.81 bits per heavy atom. The van der Waals surface area contributed by atoms with Gasteiger partial charge in [-0.25, -0.2) is 21.6 Å². The van der Waals surface area contributed by atoms with Crippen molar-refractivity contribution in [3.05, 3.63) is 58.4 Å². The number of nitrogens with one attached hydrogen (secondary N) is 1. The minimum atomic E-state index is -4.09. The van der Waals surface area contributed by atoms with Gasteiger partial charge in [0.1, 0.15) is 0 Å². The van der Waals surface area contributed by atoms with Gasteiger partial charge in [0.05, 0.1) is 27.4 Å². The van der Waals surface area contributed by atoms with Gasteiger partial charge in [-0.05, 0) is 43.4 Å². The first-order valence-corrected chi connectivity index (χ1v) is 11.7. The molecule has 2 bridgehead atoms. The molecule has 3 N–H and O–H groups in total. The molecule has 4 rings (SSSR count). The van der Waals surface area contributed by atoms with E-state index in [0.29, 0.717) is 25.0 Å². The van der Waals surface area contributed by atoms with E-state index in [9.17, 15) is 36.6 Å². The third-order valence-electron chi connectivity index (χ3n) is 6.39. The Morgan fingerprint density at radius 1 is 1.16 bits per heavy atom. The van der Waals surface area contributed by atoms with Crippen LogP contribution in [-0.4, -0.2) is 42.0 Å². The first-order chi connectivity index (χ1) is 15.0. The number of carbonyl (C=O) groups excluding carboxylic acids is 1. The van der Waals surface area contributed by atoms with E-state index in [4.69, 9.17) is 11.6 Å². The van der Waals surface area contributed by atoms with Crippen molar-refractivity contribution in [1.29, 1.82) is 0 Å². The molecule has 0 heterocycles. The minimum Gasteiger partial charge on any atom is -0.393 e. The number of aliphatic hydroxyl groups is 2. The largest absolute Gasteiger partial charge is 0.393 e. The average molecular weight is 490 g/mol. The topological polar surface area (TPSA) is 104 Å². The molecule has 1 amide bonds. The van der Waals surface area contributed by atoms with Gasteiger partial charge in [-0.3, -0.25) is 4.79 Å². The van der Waals surface area contributed by atoms with Crippen molar-refractivity contribution >= 4 is 33.0 Å². The average Bonchev–Trinajstić information content (AvgIpc) is 3.28. The van der Waals surface area contributed by atoms with E-state index in [1.165, 1.54) is 12.1 Å². The lowest BCUT2D eigenvalue weighted by Crippen LogP contribution is -2.41. The predicted octanol–water partition coefficient (Wildman–Crippen LogP) is 3.31. The molecule has 0 aromatic heterocycles. The molecular formula is C21H19ClF3NO5S. The van der Waals surface area contributed by atoms with Gasteiger partial charge in [0.15, 0.2) is 27.3 Å². The molecule has 0 radical (unpaired) electrons. The fourth-order valence-corrected chi connectivity index (χ4v) is 7.87. The van der Waals surface area contributed by atoms with Gasteiger partial charge < -0.3 is 15.5 Å². The third kappa shape index (κ3) is 3.68. The van der Waals surface area contributed by atoms with Crippen molar-refractivity contribution in [2.45, 2.75) is 35.0 Å². The quantitative estimate of drug-likeness (QED) is 0.559. The molecule has 6 nitrogen and oxygen atoms in total. The first-order valence-electron chi connectivity index (χ1n) is 9.80. The second kappa shape index (κ2) is 8.02. The van der Waals surface area contributed by atoms with E-state index < -0.39 is 56.6 Å². The van der Waals surface area contributed by atoms with Crippen molar-refractivity contribution in [1.82, 2.24) is 0 Å². The van der Waals surface area contributed by atoms with E-state index in [-0.39, 0.29) is 33.5 Å². The lowest BCUT2D eigenvalue weighted by atomic mass is 9.85. The maximum atomic E-state index is 13.4. The van der Waals surface area contributed by atoms with Crippen LogP contribution in [0.2, 0.25) is 5.02 Å². The molecule has 4 atom stereocenters. The number of halogens is 4. The van der Waals surface area contributed by atoms with Crippen LogP contribution >= 0.6 is 11.6 Å². The van der Waals surface area contributed by atoms with Gasteiger partial charge in [0, 0.05) is 29.3 Å². The zero-order chi connectivity index (χ0) is 23.4. The summed E-state index contributed by atoms with van der Waals surface area (Å²) in [5.41, 5.74) is -1.99. The van der Waals surface area contributed by atoms with Crippen LogP contribution in [0.5, 0.6) is 0 Å². The number of sulfone groups is 1. The lowest BCUT2D eigenvalue weighted by Gasteiger charge is -2.30. The summed E-state index contributed by atoms with van der Waals surface area (Å²) in [7, 11) is -4.09. The molecule has 2 aliphatic rings. The highest BCUT2D eigenvalue weighted by Crippen LogP contribution is 2.55. The Morgan fingerprint density at radius 3 is 2.41 bits per heavy atom. The number of benzene rings is 2. The van der Waals surface area contributed by atoms with Crippen molar-refractivity contribution < 1.29 is 36.6 Å². The Hall–Kier alpha value is -2.14. The van der Waals surface area contributed by atoms with Crippen molar-refractivity contribution in [3.63, 3.8) is 0 Å². The Labute approximate surface area is 186 Å². The van der Waals surface area contributed by atoms with Crippen LogP contribution in [0.25, 0.3) is 0 Å². The first kappa shape index (κ1) is 23.0. The van der Waals surface area contributed by atoms with Crippen LogP contribution in [0, 0.1) is 29.3 Å². The Balaban J connectivity index is 1.65. The second-order valence-electron chi connectivity index (χ2n) is 8.27. The van der Waals surface area contributed by atoms with Crippen molar-refractivity contribution in [3.8, 4) is 0 Å². The highest BCUT2D eigenvalue weighted by Gasteiger charge is 2.61. The van der Waals surface area contributed by atoms with E-state index in [1.54, 1.807) is 0 Å². The molecule has 2 aromatic rings. The van der Waals surface area contributed by atoms with Crippen LogP contribution in [0.15, 0.2) is 35.2 Å². The highest BCUT2D eigenvalue weighted by atomic mass is 35.5. The summed E-state index contributed by atoms with van der Waals surface area (Å²) in [6, 6.07) is 4.69. The van der Waals surface area contributed by atoms with Crippen LogP contribution in [0.1, 0.15) is 29.6 Å². The number of amides is 1. The van der Waals surface area contributed by atoms with E-state index in [1.807, 2.05) is 0 Å². The number of fused-ring (bicyclic) bond motifs is 2. The van der Waals surface area contributed by atoms with Crippen LogP contribution in [0.3, 0.4) is 0 Å². The number of hydrogen-bond donors (Lipinski definition) is 3. The second-order valence-corrected chi connectivity index (χ2v) is 10.8. The zero-order valence-electron chi connectivity index (χ0n) is 16.5. The van der Waals surface area contributed by atoms with Gasteiger partial charge >= 0.3 is 0 Å². The standard InChI is InChI=1S/C21H19ClF3NO5S/c22-14-4-2-10(20(28)26-12-6-15(23)18(25)16(24)7-12)5-17(14)32(30,31)19-11-1-3-13(19)21(29,8-11)9-27/h2,4-7,11,13,19,27,29H,1,3,8-9H2,(H,26,28). The monoisotopic (exact) mass is 489 g/mol. The van der Waals surface area contributed by atoms with E-state index in [0.717, 1.165) is 6.07 Å². The third-order valence-corrected chi connectivity index (χ3v) is 9.21. The van der Waals surface area contributed by atoms with Crippen LogP contribution in [-0.2, 0) is 9.84 Å². The normalized spacial score (nSPS) is 27.0. The maximum absolute atomic E-state index is 13.4. The van der Waals surface area contributed by atoms with Gasteiger partial charge in [0.25, 0.3) is 5.91 Å². The fourth-order valence-electron chi connectivity index (χ4n) is 4.94. The van der Waals surface area contributed by atoms with Gasteiger partial charge in [0.2, 0.25) is 0 Å². The van der Waals surface area contributed by atoms with Gasteiger partial charge in [-0.1, -0.05) is 11.6 Å². The summed E-state index contributed by atoms with van der Waals surface area (Å²) >= 11 is 6.14. The Kier molecular flexibility index (Phi) is 5.77. The molecular weight excluding hydrogens is 471 g/mol. The molecule has 2 saturated carbocycles. The van der Waals surface area contributed by atoms with E-state index >= 15 is 0 Å². The summed E-state index contributed by atoms with van der Waals surface area (Å²) in [4.78, 5) is 12.3. The van der Waals surface area contributed by atoms with Crippen LogP contribution in [0.4, 0.5) is 18.9 Å². The fraction of sp³-hybridized carbons (Fsp3) is 0.381. The summed E-state index contributed by atoms with van der Waals surface area (Å²) in [6.07, 6.45) is 1.17. The molecule has 4 unspecified atom stereocenters. The van der Waals surface area contributed by atoms with E-state index in [2.05, 4.69) is 5.32 Å². The molecule has 0 spiro atoms. The molecule has 2 aromatic carbocycles. The summed E-state index contributed by atoms with van der Waals surface area (Å²) < 4.78 is 66.8. The van der Waals surface area contributed by atoms with Crippen LogP contribution < -0.4 is 5.32 Å². The molecule has 0 aliphatic heterocycles. The van der Waals surface area contributed by atoms with Gasteiger partial charge in [-0.15, -0.1) is 0 Å². The molecule has 2 aliphatic carbocycles. The molecule has 2 fully saturated rings. The summed E-state index contributed by atoms with van der Waals surface area (Å²) in [6.45, 7) is -0.554. The minimum absolute atomic E-state index is 0.126.